The van der Waals surface area contributed by atoms with Crippen LogP contribution in [0, 0.1) is 5.82 Å². The van der Waals surface area contributed by atoms with Crippen molar-refractivity contribution < 1.29 is 19.0 Å². The average Bonchev–Trinajstić information content (AvgIpc) is 2.97. The lowest BCUT2D eigenvalue weighted by Crippen LogP contribution is -2.52. The van der Waals surface area contributed by atoms with E-state index in [0.29, 0.717) is 24.1 Å². The quantitative estimate of drug-likeness (QED) is 0.660. The minimum atomic E-state index is -0.430. The third-order valence-corrected chi connectivity index (χ3v) is 5.64. The summed E-state index contributed by atoms with van der Waals surface area (Å²) in [5.41, 5.74) is 0.928. The predicted octanol–water partition coefficient (Wildman–Crippen LogP) is 3.52. The van der Waals surface area contributed by atoms with Crippen molar-refractivity contribution >= 4 is 16.8 Å². The minimum Gasteiger partial charge on any atom is -0.505 e. The first-order valence-electron chi connectivity index (χ1n) is 10.5. The van der Waals surface area contributed by atoms with Gasteiger partial charge in [0.1, 0.15) is 5.82 Å². The second-order valence-corrected chi connectivity index (χ2v) is 8.02. The summed E-state index contributed by atoms with van der Waals surface area (Å²) in [6, 6.07) is 4.37. The third kappa shape index (κ3) is 4.56. The lowest BCUT2D eigenvalue weighted by atomic mass is 10.0. The predicted molar refractivity (Wildman–Crippen MR) is 112 cm³/mol. The van der Waals surface area contributed by atoms with E-state index in [9.17, 15) is 14.3 Å². The van der Waals surface area contributed by atoms with Crippen LogP contribution in [0.2, 0.25) is 0 Å². The number of ether oxygens (including phenoxy) is 1. The molecule has 1 aromatic heterocycles. The maximum Gasteiger partial charge on any atom is 0.274 e. The number of piperidine rings is 1. The summed E-state index contributed by atoms with van der Waals surface area (Å²) in [4.78, 5) is 15.5. The molecule has 0 unspecified atom stereocenters. The molecule has 1 saturated heterocycles. The molecule has 1 fully saturated rings. The maximum atomic E-state index is 13.8. The number of carbonyl (C=O) groups excluding carboxylic acids is 1. The van der Waals surface area contributed by atoms with Gasteiger partial charge in [0.2, 0.25) is 0 Å². The highest BCUT2D eigenvalue weighted by molar-refractivity contribution is 6.04. The Hall–Kier alpha value is -2.12. The molecule has 0 bridgehead atoms. The Morgan fingerprint density at radius 3 is 2.86 bits per heavy atom. The van der Waals surface area contributed by atoms with Crippen molar-refractivity contribution in [3.63, 3.8) is 0 Å². The Balaban J connectivity index is 2.02. The Morgan fingerprint density at radius 1 is 1.41 bits per heavy atom. The summed E-state index contributed by atoms with van der Waals surface area (Å²) in [6.45, 7) is 6.88. The van der Waals surface area contributed by atoms with Gasteiger partial charge >= 0.3 is 0 Å². The molecule has 2 N–H and O–H groups in total. The van der Waals surface area contributed by atoms with Crippen molar-refractivity contribution in [1.82, 2.24) is 14.8 Å². The maximum absolute atomic E-state index is 13.8. The van der Waals surface area contributed by atoms with Crippen molar-refractivity contribution in [3.8, 4) is 5.75 Å². The zero-order valence-electron chi connectivity index (χ0n) is 17.6. The molecule has 2 aromatic rings. The van der Waals surface area contributed by atoms with Gasteiger partial charge in [0.15, 0.2) is 11.4 Å². The molecule has 0 aliphatic carbocycles. The van der Waals surface area contributed by atoms with Gasteiger partial charge in [0, 0.05) is 44.3 Å². The number of rotatable bonds is 8. The largest absolute Gasteiger partial charge is 0.505 e. The van der Waals surface area contributed by atoms with Crippen LogP contribution in [0.15, 0.2) is 18.2 Å². The highest BCUT2D eigenvalue weighted by Gasteiger charge is 2.33. The number of amides is 1. The van der Waals surface area contributed by atoms with Crippen molar-refractivity contribution in [2.75, 3.05) is 26.8 Å². The normalized spacial score (nSPS) is 17.2. The van der Waals surface area contributed by atoms with E-state index in [2.05, 4.69) is 5.32 Å². The average molecular weight is 406 g/mol. The van der Waals surface area contributed by atoms with Crippen LogP contribution in [0.3, 0.4) is 0 Å². The number of fused-ring (bicyclic) bond motifs is 1. The Morgan fingerprint density at radius 2 is 2.21 bits per heavy atom. The number of hydrogen-bond donors (Lipinski definition) is 2. The highest BCUT2D eigenvalue weighted by atomic mass is 19.1. The fraction of sp³-hybridized carbons (Fsp3) is 0.591. The van der Waals surface area contributed by atoms with Crippen LogP contribution < -0.4 is 5.32 Å². The molecule has 2 heterocycles. The van der Waals surface area contributed by atoms with Crippen LogP contribution in [0.25, 0.3) is 10.9 Å². The molecular formula is C22H32FN3O3. The number of methoxy groups -OCH3 is 1. The number of unbranched alkanes of at least 4 members (excludes halogenated alkanes) is 1. The van der Waals surface area contributed by atoms with E-state index in [1.807, 2.05) is 23.3 Å². The molecule has 1 aromatic carbocycles. The van der Waals surface area contributed by atoms with Crippen LogP contribution in [0.4, 0.5) is 4.39 Å². The number of nitrogens with one attached hydrogen (secondary N) is 1. The van der Waals surface area contributed by atoms with Crippen LogP contribution in [0.5, 0.6) is 5.75 Å². The third-order valence-electron chi connectivity index (χ3n) is 5.64. The Bertz CT molecular complexity index is 843. The first-order valence-corrected chi connectivity index (χ1v) is 10.5. The fourth-order valence-corrected chi connectivity index (χ4v) is 4.29. The molecule has 6 nitrogen and oxygen atoms in total. The van der Waals surface area contributed by atoms with Crippen molar-refractivity contribution in [3.05, 3.63) is 29.7 Å². The van der Waals surface area contributed by atoms with Crippen LogP contribution in [0.1, 0.15) is 50.0 Å². The van der Waals surface area contributed by atoms with Gasteiger partial charge in [-0.1, -0.05) is 0 Å². The zero-order valence-corrected chi connectivity index (χ0v) is 17.6. The van der Waals surface area contributed by atoms with Crippen molar-refractivity contribution in [1.29, 1.82) is 0 Å². The molecule has 3 rings (SSSR count). The van der Waals surface area contributed by atoms with Crippen LogP contribution >= 0.6 is 0 Å². The number of aromatic hydroxyl groups is 1. The first kappa shape index (κ1) is 21.6. The lowest BCUT2D eigenvalue weighted by molar-refractivity contribution is 0.0559. The van der Waals surface area contributed by atoms with Gasteiger partial charge < -0.3 is 24.6 Å². The first-order chi connectivity index (χ1) is 14.0. The molecule has 1 atom stereocenters. The van der Waals surface area contributed by atoms with Gasteiger partial charge in [-0.3, -0.25) is 4.79 Å². The highest BCUT2D eigenvalue weighted by Crippen LogP contribution is 2.35. The standard InChI is InChI=1S/C22H32FN3O3/c1-15(2)26(17-7-6-10-24-14-17)22(28)20-21(27)18-13-16(23)8-9-19(18)25(20)11-4-5-12-29-3/h8-9,13,15,17,24,27H,4-7,10-12,14H2,1-3H3/t17-/m1/s1. The molecule has 1 amide bonds. The van der Waals surface area contributed by atoms with E-state index in [-0.39, 0.29) is 29.4 Å². The summed E-state index contributed by atoms with van der Waals surface area (Å²) in [7, 11) is 1.66. The number of nitrogens with zero attached hydrogens (tertiary/aromatic N) is 2. The van der Waals surface area contributed by atoms with Gasteiger partial charge in [-0.15, -0.1) is 0 Å². The number of benzene rings is 1. The minimum absolute atomic E-state index is 0.0107. The summed E-state index contributed by atoms with van der Waals surface area (Å²) < 4.78 is 20.8. The Labute approximate surface area is 171 Å². The summed E-state index contributed by atoms with van der Waals surface area (Å²) in [6.07, 6.45) is 3.58. The van der Waals surface area contributed by atoms with E-state index in [0.717, 1.165) is 38.8 Å². The van der Waals surface area contributed by atoms with Gasteiger partial charge in [0.25, 0.3) is 5.91 Å². The number of carbonyl (C=O) groups is 1. The number of halogens is 1. The molecular weight excluding hydrogens is 373 g/mol. The topological polar surface area (TPSA) is 66.7 Å². The van der Waals surface area contributed by atoms with Crippen molar-refractivity contribution in [2.24, 2.45) is 0 Å². The van der Waals surface area contributed by atoms with E-state index in [1.54, 1.807) is 13.2 Å². The van der Waals surface area contributed by atoms with Gasteiger partial charge in [-0.25, -0.2) is 4.39 Å². The van der Waals surface area contributed by atoms with E-state index in [4.69, 9.17) is 4.74 Å². The molecule has 0 radical (unpaired) electrons. The number of aromatic nitrogens is 1. The van der Waals surface area contributed by atoms with E-state index in [1.165, 1.54) is 12.1 Å². The van der Waals surface area contributed by atoms with Crippen molar-refractivity contribution in [2.45, 2.75) is 58.2 Å². The fourth-order valence-electron chi connectivity index (χ4n) is 4.29. The smallest absolute Gasteiger partial charge is 0.274 e. The molecule has 7 heteroatoms. The molecule has 1 aliphatic rings. The molecule has 29 heavy (non-hydrogen) atoms. The zero-order chi connectivity index (χ0) is 21.0. The lowest BCUT2D eigenvalue weighted by Gasteiger charge is -2.37. The number of hydrogen-bond acceptors (Lipinski definition) is 4. The van der Waals surface area contributed by atoms with Crippen LogP contribution in [-0.2, 0) is 11.3 Å². The molecule has 1 aliphatic heterocycles. The second-order valence-electron chi connectivity index (χ2n) is 8.02. The summed E-state index contributed by atoms with van der Waals surface area (Å²) in [5, 5.41) is 14.7. The summed E-state index contributed by atoms with van der Waals surface area (Å²) in [5.74, 6) is -0.763. The molecule has 160 valence electrons. The Kier molecular flexibility index (Phi) is 7.14. The molecule has 0 saturated carbocycles. The SMILES string of the molecule is COCCCCn1c(C(=O)N(C(C)C)[C@@H]2CCCNC2)c(O)c2cc(F)ccc21. The van der Waals surface area contributed by atoms with Crippen LogP contribution in [-0.4, -0.2) is 59.4 Å². The van der Waals surface area contributed by atoms with Gasteiger partial charge in [0.05, 0.1) is 5.52 Å². The number of aryl methyl sites for hydroxylation is 1. The van der Waals surface area contributed by atoms with E-state index < -0.39 is 5.82 Å². The van der Waals surface area contributed by atoms with Gasteiger partial charge in [-0.2, -0.15) is 0 Å². The second kappa shape index (κ2) is 9.59. The monoisotopic (exact) mass is 405 g/mol. The van der Waals surface area contributed by atoms with E-state index >= 15 is 0 Å². The molecule has 0 spiro atoms. The van der Waals surface area contributed by atoms with Gasteiger partial charge in [-0.05, 0) is 64.3 Å². The summed E-state index contributed by atoms with van der Waals surface area (Å²) >= 11 is 0.